The van der Waals surface area contributed by atoms with E-state index >= 15 is 0 Å². The Morgan fingerprint density at radius 2 is 1.56 bits per heavy atom. The molecule has 1 nitrogen and oxygen atoms in total. The molecule has 0 aliphatic carbocycles. The fourth-order valence-corrected chi connectivity index (χ4v) is 3.85. The zero-order valence-electron chi connectivity index (χ0n) is 9.65. The molecule has 0 aromatic heterocycles. The van der Waals surface area contributed by atoms with E-state index in [9.17, 15) is 4.79 Å². The number of allylic oxidation sites excluding steroid dienone is 1. The fourth-order valence-electron chi connectivity index (χ4n) is 1.33. The van der Waals surface area contributed by atoms with Crippen LogP contribution in [0.2, 0.25) is 0 Å². The Labute approximate surface area is 117 Å². The summed E-state index contributed by atoms with van der Waals surface area (Å²) in [4.78, 5) is 15.0. The molecule has 0 saturated heterocycles. The van der Waals surface area contributed by atoms with Gasteiger partial charge in [0.05, 0.1) is 0 Å². The third kappa shape index (κ3) is 4.19. The van der Waals surface area contributed by atoms with Gasteiger partial charge in [0, 0.05) is 0 Å². The van der Waals surface area contributed by atoms with Crippen molar-refractivity contribution < 1.29 is 4.79 Å². The molecule has 2 aromatic carbocycles. The normalized spacial score (nSPS) is 11.2. The van der Waals surface area contributed by atoms with Gasteiger partial charge in [0.25, 0.3) is 0 Å². The maximum atomic E-state index is 11.1. The van der Waals surface area contributed by atoms with Crippen LogP contribution in [0.25, 0.3) is 0 Å². The minimum absolute atomic E-state index is 0.208. The molecular weight excluding hydrogens is 307 g/mol. The summed E-state index contributed by atoms with van der Waals surface area (Å²) >= 11 is 1.72. The van der Waals surface area contributed by atoms with Crippen LogP contribution in [0, 0.1) is 0 Å². The van der Waals surface area contributed by atoms with Gasteiger partial charge in [-0.25, -0.2) is 0 Å². The van der Waals surface area contributed by atoms with Crippen LogP contribution in [0.15, 0.2) is 75.4 Å². The van der Waals surface area contributed by atoms with Crippen LogP contribution in [0.4, 0.5) is 0 Å². The van der Waals surface area contributed by atoms with Crippen LogP contribution in [0.1, 0.15) is 0 Å². The van der Waals surface area contributed by atoms with Crippen molar-refractivity contribution in [3.05, 3.63) is 70.5 Å². The predicted octanol–water partition coefficient (Wildman–Crippen LogP) is 2.85. The number of hydrogen-bond acceptors (Lipinski definition) is 2. The van der Waals surface area contributed by atoms with Gasteiger partial charge in [0.15, 0.2) is 0 Å². The maximum absolute atomic E-state index is 11.1. The third-order valence-corrected chi connectivity index (χ3v) is 5.37. The molecule has 0 aliphatic heterocycles. The van der Waals surface area contributed by atoms with E-state index in [0.29, 0.717) is 0 Å². The summed E-state index contributed by atoms with van der Waals surface area (Å²) in [5.74, 6) is 0. The average molecular weight is 319 g/mol. The molecule has 18 heavy (non-hydrogen) atoms. The first-order chi connectivity index (χ1) is 8.88. The van der Waals surface area contributed by atoms with Crippen molar-refractivity contribution in [3.63, 3.8) is 0 Å². The van der Waals surface area contributed by atoms with Crippen molar-refractivity contribution >= 4 is 37.5 Å². The van der Waals surface area contributed by atoms with Crippen molar-refractivity contribution in [2.75, 3.05) is 0 Å². The number of carbonyl (C=O) groups excluding carboxylic acids is 1. The molecular formula is C15H12OSSe. The number of aldehydes is 1. The second kappa shape index (κ2) is 7.22. The molecule has 0 amide bonds. The zero-order valence-corrected chi connectivity index (χ0v) is 12.2. The van der Waals surface area contributed by atoms with E-state index in [1.165, 1.54) is 16.2 Å². The Morgan fingerprint density at radius 1 is 0.944 bits per heavy atom. The van der Waals surface area contributed by atoms with E-state index in [2.05, 4.69) is 12.1 Å². The van der Waals surface area contributed by atoms with Crippen LogP contribution in [0.5, 0.6) is 0 Å². The van der Waals surface area contributed by atoms with Gasteiger partial charge < -0.3 is 0 Å². The first kappa shape index (κ1) is 13.2. The number of carbonyl (C=O) groups is 1. The Kier molecular flexibility index (Phi) is 5.28. The fraction of sp³-hybridized carbons (Fsp3) is 0. The molecule has 0 saturated carbocycles. The average Bonchev–Trinajstić information content (AvgIpc) is 2.45. The molecule has 0 unspecified atom stereocenters. The summed E-state index contributed by atoms with van der Waals surface area (Å²) in [6.45, 7) is 0. The number of rotatable bonds is 5. The molecule has 0 spiro atoms. The molecule has 0 atom stereocenters. The van der Waals surface area contributed by atoms with E-state index in [1.807, 2.05) is 53.5 Å². The van der Waals surface area contributed by atoms with Crippen molar-refractivity contribution in [1.29, 1.82) is 0 Å². The third-order valence-electron chi connectivity index (χ3n) is 2.15. The van der Waals surface area contributed by atoms with Crippen LogP contribution >= 0.6 is 11.8 Å². The van der Waals surface area contributed by atoms with Crippen LogP contribution in [-0.4, -0.2) is 21.2 Å². The van der Waals surface area contributed by atoms with E-state index in [0.717, 1.165) is 16.1 Å². The summed E-state index contributed by atoms with van der Waals surface area (Å²) in [6.07, 6.45) is 0.933. The van der Waals surface area contributed by atoms with Crippen molar-refractivity contribution in [3.8, 4) is 0 Å². The Hall–Kier alpha value is -1.28. The van der Waals surface area contributed by atoms with Crippen LogP contribution < -0.4 is 4.46 Å². The Morgan fingerprint density at radius 3 is 2.17 bits per heavy atom. The first-order valence-corrected chi connectivity index (χ1v) is 8.14. The summed E-state index contributed by atoms with van der Waals surface area (Å²) in [7, 11) is 0. The Bertz CT molecular complexity index is 523. The molecule has 0 N–H and O–H groups in total. The van der Waals surface area contributed by atoms with Crippen molar-refractivity contribution in [2.24, 2.45) is 0 Å². The van der Waals surface area contributed by atoms with E-state index in [4.69, 9.17) is 0 Å². The molecule has 3 heteroatoms. The van der Waals surface area contributed by atoms with E-state index in [-0.39, 0.29) is 15.0 Å². The summed E-state index contributed by atoms with van der Waals surface area (Å²) in [6, 6.07) is 20.2. The minimum atomic E-state index is 0.208. The first-order valence-electron chi connectivity index (χ1n) is 5.48. The SMILES string of the molecule is O=C/C(=C/[Se]c1ccccc1)Sc1ccccc1. The van der Waals surface area contributed by atoms with Gasteiger partial charge in [0.1, 0.15) is 0 Å². The summed E-state index contributed by atoms with van der Waals surface area (Å²) in [5, 5.41) is 0. The van der Waals surface area contributed by atoms with Gasteiger partial charge in [-0.3, -0.25) is 0 Å². The molecule has 2 aromatic rings. The quantitative estimate of drug-likeness (QED) is 0.365. The number of thioether (sulfide) groups is 1. The van der Waals surface area contributed by atoms with Gasteiger partial charge in [-0.2, -0.15) is 0 Å². The van der Waals surface area contributed by atoms with Crippen LogP contribution in [-0.2, 0) is 4.79 Å². The predicted molar refractivity (Wildman–Crippen MR) is 78.3 cm³/mol. The molecule has 0 bridgehead atoms. The van der Waals surface area contributed by atoms with E-state index in [1.54, 1.807) is 0 Å². The zero-order chi connectivity index (χ0) is 12.6. The van der Waals surface area contributed by atoms with Gasteiger partial charge in [0.2, 0.25) is 0 Å². The van der Waals surface area contributed by atoms with Gasteiger partial charge in [-0.15, -0.1) is 0 Å². The van der Waals surface area contributed by atoms with Gasteiger partial charge in [-0.1, -0.05) is 0 Å². The monoisotopic (exact) mass is 320 g/mol. The molecule has 0 fully saturated rings. The molecule has 0 radical (unpaired) electrons. The van der Waals surface area contributed by atoms with Gasteiger partial charge >= 0.3 is 118 Å². The second-order valence-electron chi connectivity index (χ2n) is 3.48. The van der Waals surface area contributed by atoms with E-state index < -0.39 is 0 Å². The van der Waals surface area contributed by atoms with Crippen molar-refractivity contribution in [1.82, 2.24) is 0 Å². The molecule has 0 aliphatic rings. The van der Waals surface area contributed by atoms with Crippen molar-refractivity contribution in [2.45, 2.75) is 4.90 Å². The molecule has 90 valence electrons. The topological polar surface area (TPSA) is 17.1 Å². The summed E-state index contributed by atoms with van der Waals surface area (Å²) in [5.41, 5.74) is 0. The number of benzene rings is 2. The van der Waals surface area contributed by atoms with Crippen LogP contribution in [0.3, 0.4) is 0 Å². The van der Waals surface area contributed by atoms with Gasteiger partial charge in [-0.05, 0) is 0 Å². The Balaban J connectivity index is 2.03. The standard InChI is InChI=1S/C15H12OSSe/c16-11-14(17-13-7-3-1-4-8-13)12-18-15-9-5-2-6-10-15/h1-12H/b14-12-. The number of hydrogen-bond donors (Lipinski definition) is 0. The summed E-state index contributed by atoms with van der Waals surface area (Å²) < 4.78 is 1.28. The molecule has 2 rings (SSSR count). The molecule has 0 heterocycles. The second-order valence-corrected chi connectivity index (χ2v) is 6.61.